The number of hydrogen-bond donors (Lipinski definition) is 1. The molecule has 5 nitrogen and oxygen atoms in total. The van der Waals surface area contributed by atoms with Gasteiger partial charge in [-0.1, -0.05) is 6.92 Å². The monoisotopic (exact) mass is 251 g/mol. The number of likely N-dealkylation sites (N-methyl/N-ethyl adjacent to an activating group) is 1. The Kier molecular flexibility index (Phi) is 5.58. The van der Waals surface area contributed by atoms with Gasteiger partial charge in [0.05, 0.1) is 18.8 Å². The third kappa shape index (κ3) is 4.33. The van der Waals surface area contributed by atoms with Crippen LogP contribution in [0.1, 0.15) is 23.8 Å². The lowest BCUT2D eigenvalue weighted by molar-refractivity contribution is -0.121. The summed E-state index contributed by atoms with van der Waals surface area (Å²) < 4.78 is 1.79. The van der Waals surface area contributed by atoms with Gasteiger partial charge in [-0.05, 0) is 25.6 Å². The normalized spacial score (nSPS) is 10.7. The fraction of sp³-hybridized carbons (Fsp3) is 0.538. The molecular formula is C13H21N3O2. The highest BCUT2D eigenvalue weighted by Gasteiger charge is 2.13. The maximum absolute atomic E-state index is 11.9. The molecule has 1 N–H and O–H groups in total. The molecule has 0 saturated heterocycles. The van der Waals surface area contributed by atoms with Crippen LogP contribution in [0.15, 0.2) is 18.3 Å². The van der Waals surface area contributed by atoms with Crippen LogP contribution < -0.4 is 5.32 Å². The van der Waals surface area contributed by atoms with Gasteiger partial charge in [0, 0.05) is 19.8 Å². The predicted octanol–water partition coefficient (Wildman–Crippen LogP) is 0.666. The molecule has 0 spiro atoms. The Morgan fingerprint density at radius 1 is 1.39 bits per heavy atom. The predicted molar refractivity (Wildman–Crippen MR) is 70.5 cm³/mol. The Morgan fingerprint density at radius 2 is 2.11 bits per heavy atom. The Bertz CT molecular complexity index is 412. The van der Waals surface area contributed by atoms with E-state index >= 15 is 0 Å². The number of nitrogens with one attached hydrogen (secondary N) is 1. The molecule has 0 aliphatic heterocycles. The van der Waals surface area contributed by atoms with E-state index in [9.17, 15) is 9.59 Å². The maximum Gasteiger partial charge on any atom is 0.234 e. The molecule has 0 aromatic carbocycles. The Morgan fingerprint density at radius 3 is 2.67 bits per heavy atom. The van der Waals surface area contributed by atoms with Gasteiger partial charge in [0.15, 0.2) is 5.78 Å². The second kappa shape index (κ2) is 6.96. The Balaban J connectivity index is 2.41. The molecule has 0 fully saturated rings. The molecule has 0 bridgehead atoms. The number of carbonyl (C=O) groups excluding carboxylic acids is 2. The minimum atomic E-state index is -0.0426. The second-order valence-corrected chi connectivity index (χ2v) is 4.45. The van der Waals surface area contributed by atoms with Crippen molar-refractivity contribution >= 4 is 11.7 Å². The van der Waals surface area contributed by atoms with Gasteiger partial charge in [-0.15, -0.1) is 0 Å². The van der Waals surface area contributed by atoms with Crippen molar-refractivity contribution in [1.82, 2.24) is 14.8 Å². The summed E-state index contributed by atoms with van der Waals surface area (Å²) in [5, 5.41) is 2.79. The van der Waals surface area contributed by atoms with Crippen molar-refractivity contribution in [2.75, 3.05) is 26.7 Å². The van der Waals surface area contributed by atoms with Crippen molar-refractivity contribution in [2.45, 2.75) is 13.3 Å². The van der Waals surface area contributed by atoms with E-state index in [1.807, 2.05) is 26.2 Å². The van der Waals surface area contributed by atoms with Crippen molar-refractivity contribution < 1.29 is 9.59 Å². The van der Waals surface area contributed by atoms with Gasteiger partial charge >= 0.3 is 0 Å². The second-order valence-electron chi connectivity index (χ2n) is 4.45. The summed E-state index contributed by atoms with van der Waals surface area (Å²) in [6, 6.07) is 3.62. The average Bonchev–Trinajstić information content (AvgIpc) is 2.72. The highest BCUT2D eigenvalue weighted by Crippen LogP contribution is 2.01. The first-order chi connectivity index (χ1) is 8.54. The molecular weight excluding hydrogens is 230 g/mol. The standard InChI is InChI=1S/C13H21N3O2/c1-4-7-14-13(18)10-15(2)9-12(17)11-6-5-8-16(11)3/h5-6,8H,4,7,9-10H2,1-3H3,(H,14,18). The molecule has 5 heteroatoms. The van der Waals surface area contributed by atoms with E-state index < -0.39 is 0 Å². The quantitative estimate of drug-likeness (QED) is 0.725. The lowest BCUT2D eigenvalue weighted by atomic mass is 10.2. The number of aromatic nitrogens is 1. The van der Waals surface area contributed by atoms with Gasteiger partial charge in [-0.3, -0.25) is 14.5 Å². The topological polar surface area (TPSA) is 54.3 Å². The van der Waals surface area contributed by atoms with Crippen molar-refractivity contribution in [3.63, 3.8) is 0 Å². The van der Waals surface area contributed by atoms with Crippen LogP contribution in [0.2, 0.25) is 0 Å². The fourth-order valence-corrected chi connectivity index (χ4v) is 1.70. The van der Waals surface area contributed by atoms with Gasteiger partial charge in [0.2, 0.25) is 5.91 Å². The van der Waals surface area contributed by atoms with Crippen LogP contribution in [0, 0.1) is 0 Å². The van der Waals surface area contributed by atoms with Crippen molar-refractivity contribution in [1.29, 1.82) is 0 Å². The van der Waals surface area contributed by atoms with E-state index in [1.54, 1.807) is 22.6 Å². The zero-order valence-electron chi connectivity index (χ0n) is 11.3. The van der Waals surface area contributed by atoms with E-state index in [4.69, 9.17) is 0 Å². The number of ketones is 1. The smallest absolute Gasteiger partial charge is 0.234 e. The van der Waals surface area contributed by atoms with Crippen molar-refractivity contribution in [3.8, 4) is 0 Å². The van der Waals surface area contributed by atoms with E-state index in [-0.39, 0.29) is 24.8 Å². The lowest BCUT2D eigenvalue weighted by Gasteiger charge is -2.15. The number of hydrogen-bond acceptors (Lipinski definition) is 3. The molecule has 0 aliphatic carbocycles. The van der Waals surface area contributed by atoms with Gasteiger partial charge in [-0.25, -0.2) is 0 Å². The maximum atomic E-state index is 11.9. The largest absolute Gasteiger partial charge is 0.355 e. The summed E-state index contributed by atoms with van der Waals surface area (Å²) in [5.74, 6) is -0.0210. The van der Waals surface area contributed by atoms with Crippen LogP contribution in [0.25, 0.3) is 0 Å². The summed E-state index contributed by atoms with van der Waals surface area (Å²) >= 11 is 0. The number of carbonyl (C=O) groups is 2. The zero-order chi connectivity index (χ0) is 13.5. The zero-order valence-corrected chi connectivity index (χ0v) is 11.3. The number of amides is 1. The molecule has 0 aliphatic rings. The van der Waals surface area contributed by atoms with E-state index in [2.05, 4.69) is 5.32 Å². The van der Waals surface area contributed by atoms with Gasteiger partial charge in [0.1, 0.15) is 0 Å². The third-order valence-electron chi connectivity index (χ3n) is 2.63. The van der Waals surface area contributed by atoms with Crippen LogP contribution >= 0.6 is 0 Å². The highest BCUT2D eigenvalue weighted by atomic mass is 16.2. The van der Waals surface area contributed by atoms with E-state index in [0.717, 1.165) is 6.42 Å². The van der Waals surface area contributed by atoms with Crippen LogP contribution in [0.4, 0.5) is 0 Å². The summed E-state index contributed by atoms with van der Waals surface area (Å²) in [6.07, 6.45) is 2.75. The number of nitrogens with zero attached hydrogens (tertiary/aromatic N) is 2. The van der Waals surface area contributed by atoms with Gasteiger partial charge < -0.3 is 9.88 Å². The van der Waals surface area contributed by atoms with Gasteiger partial charge in [0.25, 0.3) is 0 Å². The first kappa shape index (κ1) is 14.4. The van der Waals surface area contributed by atoms with Crippen LogP contribution in [0.5, 0.6) is 0 Å². The molecule has 1 heterocycles. The van der Waals surface area contributed by atoms with E-state index in [0.29, 0.717) is 12.2 Å². The van der Waals surface area contributed by atoms with Crippen LogP contribution in [0.3, 0.4) is 0 Å². The van der Waals surface area contributed by atoms with Crippen LogP contribution in [-0.4, -0.2) is 47.8 Å². The molecule has 100 valence electrons. The molecule has 0 unspecified atom stereocenters. The number of Topliss-reactive ketones (excluding diaryl/α,β-unsaturated/α-hetero) is 1. The molecule has 0 saturated carbocycles. The minimum Gasteiger partial charge on any atom is -0.355 e. The molecule has 1 rings (SSSR count). The molecule has 18 heavy (non-hydrogen) atoms. The lowest BCUT2D eigenvalue weighted by Crippen LogP contribution is -2.38. The summed E-state index contributed by atoms with van der Waals surface area (Å²) in [4.78, 5) is 25.1. The number of aryl methyl sites for hydroxylation is 1. The first-order valence-electron chi connectivity index (χ1n) is 6.14. The summed E-state index contributed by atoms with van der Waals surface area (Å²) in [6.45, 7) is 3.18. The third-order valence-corrected chi connectivity index (χ3v) is 2.63. The van der Waals surface area contributed by atoms with Gasteiger partial charge in [-0.2, -0.15) is 0 Å². The molecule has 0 atom stereocenters. The highest BCUT2D eigenvalue weighted by molar-refractivity contribution is 5.96. The summed E-state index contributed by atoms with van der Waals surface area (Å²) in [7, 11) is 3.60. The van der Waals surface area contributed by atoms with E-state index in [1.165, 1.54) is 0 Å². The number of rotatable bonds is 7. The Labute approximate surface area is 108 Å². The molecule has 1 amide bonds. The SMILES string of the molecule is CCCNC(=O)CN(C)CC(=O)c1cccn1C. The van der Waals surface area contributed by atoms with Crippen molar-refractivity contribution in [3.05, 3.63) is 24.0 Å². The Hall–Kier alpha value is -1.62. The van der Waals surface area contributed by atoms with Crippen LogP contribution in [-0.2, 0) is 11.8 Å². The first-order valence-corrected chi connectivity index (χ1v) is 6.14. The molecule has 1 aromatic heterocycles. The average molecular weight is 251 g/mol. The fourth-order valence-electron chi connectivity index (χ4n) is 1.70. The van der Waals surface area contributed by atoms with Crippen molar-refractivity contribution in [2.24, 2.45) is 7.05 Å². The molecule has 1 aromatic rings. The molecule has 0 radical (unpaired) electrons. The minimum absolute atomic E-state index is 0.0216. The summed E-state index contributed by atoms with van der Waals surface area (Å²) in [5.41, 5.74) is 0.663.